The molecule has 4 heterocycles. The topological polar surface area (TPSA) is 83.4 Å². The highest BCUT2D eigenvalue weighted by Crippen LogP contribution is 2.47. The van der Waals surface area contributed by atoms with Gasteiger partial charge in [0.05, 0.1) is 36.7 Å². The van der Waals surface area contributed by atoms with Crippen molar-refractivity contribution in [3.05, 3.63) is 35.9 Å². The number of nitrogens with one attached hydrogen (secondary N) is 1. The number of carbonyl (C=O) groups excluding carboxylic acids is 2. The molecule has 0 unspecified atom stereocenters. The maximum Gasteiger partial charge on any atom is 0.322 e. The molecular formula is C22H26F2N6O2. The highest BCUT2D eigenvalue weighted by molar-refractivity contribution is 5.97. The fourth-order valence-corrected chi connectivity index (χ4v) is 5.30. The van der Waals surface area contributed by atoms with Crippen LogP contribution in [0.3, 0.4) is 0 Å². The highest BCUT2D eigenvalue weighted by atomic mass is 19.3. The fourth-order valence-electron chi connectivity index (χ4n) is 5.30. The summed E-state index contributed by atoms with van der Waals surface area (Å²) in [6.07, 6.45) is 5.34. The first kappa shape index (κ1) is 20.8. The number of hydrogen-bond donors (Lipinski definition) is 1. The number of anilines is 2. The number of pyridine rings is 1. The van der Waals surface area contributed by atoms with Crippen molar-refractivity contribution >= 4 is 23.3 Å². The molecule has 0 bridgehead atoms. The molecule has 3 amide bonds. The Morgan fingerprint density at radius 3 is 2.84 bits per heavy atom. The number of alkyl halides is 2. The van der Waals surface area contributed by atoms with E-state index in [1.807, 2.05) is 16.5 Å². The van der Waals surface area contributed by atoms with Gasteiger partial charge in [0.1, 0.15) is 5.69 Å². The van der Waals surface area contributed by atoms with Gasteiger partial charge < -0.3 is 15.1 Å². The van der Waals surface area contributed by atoms with Crippen molar-refractivity contribution < 1.29 is 18.4 Å². The van der Waals surface area contributed by atoms with E-state index in [1.165, 1.54) is 31.2 Å². The summed E-state index contributed by atoms with van der Waals surface area (Å²) in [5.74, 6) is 0.119. The Morgan fingerprint density at radius 1 is 1.31 bits per heavy atom. The molecule has 1 saturated heterocycles. The smallest absolute Gasteiger partial charge is 0.314 e. The van der Waals surface area contributed by atoms with E-state index in [2.05, 4.69) is 15.4 Å². The zero-order valence-electron chi connectivity index (χ0n) is 17.9. The number of carbonyl (C=O) groups is 2. The Kier molecular flexibility index (Phi) is 5.10. The molecule has 2 aliphatic heterocycles. The predicted octanol–water partition coefficient (Wildman–Crippen LogP) is 3.95. The summed E-state index contributed by atoms with van der Waals surface area (Å²) in [6.45, 7) is 3.40. The molecule has 1 spiro atoms. The molecular weight excluding hydrogens is 418 g/mol. The molecule has 2 fully saturated rings. The number of hydrogen-bond acceptors (Lipinski definition) is 4. The molecule has 0 radical (unpaired) electrons. The van der Waals surface area contributed by atoms with Crippen LogP contribution in [0, 0.1) is 5.41 Å². The van der Waals surface area contributed by atoms with Gasteiger partial charge in [-0.25, -0.2) is 13.6 Å². The summed E-state index contributed by atoms with van der Waals surface area (Å²) in [4.78, 5) is 33.0. The largest absolute Gasteiger partial charge is 0.322 e. The van der Waals surface area contributed by atoms with Gasteiger partial charge in [-0.2, -0.15) is 5.10 Å². The Bertz CT molecular complexity index is 1050. The Labute approximate surface area is 184 Å². The second-order valence-electron chi connectivity index (χ2n) is 9.20. The highest BCUT2D eigenvalue weighted by Gasteiger charge is 2.46. The summed E-state index contributed by atoms with van der Waals surface area (Å²) in [5.41, 5.74) is 1.55. The van der Waals surface area contributed by atoms with Crippen molar-refractivity contribution in [2.45, 2.75) is 64.6 Å². The van der Waals surface area contributed by atoms with Gasteiger partial charge in [0.15, 0.2) is 0 Å². The molecule has 10 heteroatoms. The summed E-state index contributed by atoms with van der Waals surface area (Å²) >= 11 is 0. The van der Waals surface area contributed by atoms with Crippen LogP contribution in [0.5, 0.6) is 0 Å². The Hall–Kier alpha value is -3.04. The van der Waals surface area contributed by atoms with E-state index in [4.69, 9.17) is 0 Å². The van der Waals surface area contributed by atoms with Gasteiger partial charge in [0.25, 0.3) is 6.43 Å². The summed E-state index contributed by atoms with van der Waals surface area (Å²) in [6, 6.07) is 2.12. The van der Waals surface area contributed by atoms with Crippen LogP contribution in [0.2, 0.25) is 0 Å². The zero-order chi connectivity index (χ0) is 22.5. The molecule has 1 aliphatic carbocycles. The lowest BCUT2D eigenvalue weighted by Gasteiger charge is -2.35. The first-order valence-corrected chi connectivity index (χ1v) is 11.0. The summed E-state index contributed by atoms with van der Waals surface area (Å²) in [5, 5.41) is 7.18. The molecule has 2 aromatic rings. The van der Waals surface area contributed by atoms with E-state index < -0.39 is 6.43 Å². The van der Waals surface area contributed by atoms with Crippen molar-refractivity contribution in [1.82, 2.24) is 19.7 Å². The third-order valence-corrected chi connectivity index (χ3v) is 7.01. The molecule has 8 nitrogen and oxygen atoms in total. The minimum absolute atomic E-state index is 0.0781. The molecule has 1 saturated carbocycles. The standard InChI is InChI=1S/C22H26F2N6O2/c1-14-11-30-18(12-28(14)21(32)27-15-4-7-25-16(8-15)20(23)24)17(10-26-30)29-13-22(9-19(29)31)5-2-3-6-22/h4,7-8,10,14,20H,2-3,5-6,9,11-13H2,1H3,(H,25,27,32)/t14-/m0/s1. The number of rotatable bonds is 3. The number of fused-ring (bicyclic) bond motifs is 1. The van der Waals surface area contributed by atoms with Crippen molar-refractivity contribution in [2.24, 2.45) is 5.41 Å². The Balaban J connectivity index is 1.35. The Morgan fingerprint density at radius 2 is 2.09 bits per heavy atom. The lowest BCUT2D eigenvalue weighted by atomic mass is 9.85. The van der Waals surface area contributed by atoms with Crippen LogP contribution in [-0.2, 0) is 17.9 Å². The second-order valence-corrected chi connectivity index (χ2v) is 9.20. The SMILES string of the molecule is C[C@H]1Cn2ncc(N3CC4(CCCC4)CC3=O)c2CN1C(=O)Nc1ccnc(C(F)F)c1. The van der Waals surface area contributed by atoms with Crippen LogP contribution in [0.25, 0.3) is 0 Å². The van der Waals surface area contributed by atoms with E-state index in [1.54, 1.807) is 11.1 Å². The average molecular weight is 444 g/mol. The van der Waals surface area contributed by atoms with Gasteiger partial charge in [-0.05, 0) is 37.3 Å². The number of amides is 3. The van der Waals surface area contributed by atoms with Crippen LogP contribution in [0.1, 0.15) is 56.8 Å². The third kappa shape index (κ3) is 3.61. The molecule has 2 aromatic heterocycles. The molecule has 5 rings (SSSR count). The average Bonchev–Trinajstić information content (AvgIpc) is 3.46. The van der Waals surface area contributed by atoms with Crippen LogP contribution >= 0.6 is 0 Å². The number of halogens is 2. The van der Waals surface area contributed by atoms with E-state index >= 15 is 0 Å². The van der Waals surface area contributed by atoms with Gasteiger partial charge >= 0.3 is 6.03 Å². The third-order valence-electron chi connectivity index (χ3n) is 7.01. The van der Waals surface area contributed by atoms with Crippen LogP contribution < -0.4 is 10.2 Å². The van der Waals surface area contributed by atoms with Crippen molar-refractivity contribution in [2.75, 3.05) is 16.8 Å². The van der Waals surface area contributed by atoms with E-state index in [-0.39, 0.29) is 41.3 Å². The second kappa shape index (κ2) is 7.83. The van der Waals surface area contributed by atoms with Crippen molar-refractivity contribution in [1.29, 1.82) is 0 Å². The van der Waals surface area contributed by atoms with Crippen LogP contribution in [0.4, 0.5) is 25.0 Å². The maximum atomic E-state index is 13.0. The normalized spacial score (nSPS) is 22.1. The van der Waals surface area contributed by atoms with E-state index in [0.29, 0.717) is 19.5 Å². The summed E-state index contributed by atoms with van der Waals surface area (Å²) in [7, 11) is 0. The molecule has 3 aliphatic rings. The van der Waals surface area contributed by atoms with Gasteiger partial charge in [-0.3, -0.25) is 14.5 Å². The first-order valence-electron chi connectivity index (χ1n) is 11.0. The monoisotopic (exact) mass is 444 g/mol. The maximum absolute atomic E-state index is 13.0. The predicted molar refractivity (Wildman–Crippen MR) is 113 cm³/mol. The lowest BCUT2D eigenvalue weighted by molar-refractivity contribution is -0.117. The first-order chi connectivity index (χ1) is 15.3. The van der Waals surface area contributed by atoms with E-state index in [0.717, 1.165) is 24.2 Å². The van der Waals surface area contributed by atoms with Crippen molar-refractivity contribution in [3.8, 4) is 0 Å². The van der Waals surface area contributed by atoms with Crippen LogP contribution in [0.15, 0.2) is 24.5 Å². The minimum Gasteiger partial charge on any atom is -0.314 e. The molecule has 170 valence electrons. The van der Waals surface area contributed by atoms with Crippen molar-refractivity contribution in [3.63, 3.8) is 0 Å². The van der Waals surface area contributed by atoms with Gasteiger partial charge in [0.2, 0.25) is 5.91 Å². The van der Waals surface area contributed by atoms with Gasteiger partial charge in [-0.1, -0.05) is 12.8 Å². The quantitative estimate of drug-likeness (QED) is 0.777. The molecule has 32 heavy (non-hydrogen) atoms. The lowest BCUT2D eigenvalue weighted by Crippen LogP contribution is -2.47. The number of urea groups is 1. The van der Waals surface area contributed by atoms with E-state index in [9.17, 15) is 18.4 Å². The zero-order valence-corrected chi connectivity index (χ0v) is 17.9. The van der Waals surface area contributed by atoms with Crippen LogP contribution in [-0.4, -0.2) is 44.2 Å². The molecule has 0 aromatic carbocycles. The van der Waals surface area contributed by atoms with Gasteiger partial charge in [0, 0.05) is 24.8 Å². The summed E-state index contributed by atoms with van der Waals surface area (Å²) < 4.78 is 27.7. The minimum atomic E-state index is -2.71. The fraction of sp³-hybridized carbons (Fsp3) is 0.545. The number of nitrogens with zero attached hydrogens (tertiary/aromatic N) is 5. The molecule has 1 atom stereocenters. The number of aromatic nitrogens is 3. The van der Waals surface area contributed by atoms with Gasteiger partial charge in [-0.15, -0.1) is 0 Å². The molecule has 1 N–H and O–H groups in total.